The van der Waals surface area contributed by atoms with Crippen LogP contribution in [0.5, 0.6) is 5.75 Å². The van der Waals surface area contributed by atoms with Gasteiger partial charge in [-0.05, 0) is 37.3 Å². The summed E-state index contributed by atoms with van der Waals surface area (Å²) in [5, 5.41) is 3.79. The van der Waals surface area contributed by atoms with E-state index < -0.39 is 6.04 Å². The highest BCUT2D eigenvalue weighted by molar-refractivity contribution is 8.14. The third kappa shape index (κ3) is 3.73. The first-order valence-corrected chi connectivity index (χ1v) is 10.2. The standard InChI is InChI=1S/C20H17ClN4O3S/c1-11-19(27)24-18-13-5-3-4-6-15(13)23-20(25(11)18)29-10-17(26)22-12-7-8-16(28-2)14(21)9-12/h3-9,11H,10H2,1-2H3,(H,22,26). The SMILES string of the molecule is COc1ccc(NC(=O)CSC2=Nc3ccccc3C3=NC(=O)C(C)N23)cc1Cl. The first kappa shape index (κ1) is 19.5. The van der Waals surface area contributed by atoms with Gasteiger partial charge in [-0.15, -0.1) is 0 Å². The molecule has 1 N–H and O–H groups in total. The lowest BCUT2D eigenvalue weighted by molar-refractivity contribution is -0.119. The van der Waals surface area contributed by atoms with Crippen LogP contribution in [0.2, 0.25) is 5.02 Å². The number of nitrogens with zero attached hydrogens (tertiary/aromatic N) is 3. The van der Waals surface area contributed by atoms with E-state index in [1.54, 1.807) is 30.0 Å². The molecule has 0 saturated carbocycles. The number of anilines is 1. The van der Waals surface area contributed by atoms with E-state index in [2.05, 4.69) is 15.3 Å². The Morgan fingerprint density at radius 2 is 2.07 bits per heavy atom. The lowest BCUT2D eigenvalue weighted by Gasteiger charge is -2.29. The van der Waals surface area contributed by atoms with Crippen molar-refractivity contribution in [2.45, 2.75) is 13.0 Å². The van der Waals surface area contributed by atoms with Crippen molar-refractivity contribution in [3.05, 3.63) is 53.1 Å². The molecule has 0 saturated heterocycles. The lowest BCUT2D eigenvalue weighted by atomic mass is 10.1. The Morgan fingerprint density at radius 1 is 1.28 bits per heavy atom. The van der Waals surface area contributed by atoms with Gasteiger partial charge in [-0.3, -0.25) is 14.5 Å². The molecule has 9 heteroatoms. The Hall–Kier alpha value is -2.84. The average Bonchev–Trinajstić information content (AvgIpc) is 3.01. The first-order valence-electron chi connectivity index (χ1n) is 8.84. The van der Waals surface area contributed by atoms with E-state index in [4.69, 9.17) is 16.3 Å². The van der Waals surface area contributed by atoms with Gasteiger partial charge in [0.05, 0.1) is 23.6 Å². The molecule has 7 nitrogen and oxygen atoms in total. The number of thioether (sulfide) groups is 1. The van der Waals surface area contributed by atoms with Crippen LogP contribution < -0.4 is 10.1 Å². The smallest absolute Gasteiger partial charge is 0.270 e. The molecule has 2 aliphatic rings. The van der Waals surface area contributed by atoms with Crippen LogP contribution in [0.25, 0.3) is 0 Å². The second-order valence-corrected chi connectivity index (χ2v) is 7.77. The van der Waals surface area contributed by atoms with Gasteiger partial charge in [0.25, 0.3) is 5.91 Å². The molecule has 0 fully saturated rings. The fraction of sp³-hybridized carbons (Fsp3) is 0.200. The number of benzene rings is 2. The highest BCUT2D eigenvalue weighted by atomic mass is 35.5. The molecule has 1 atom stereocenters. The third-order valence-corrected chi connectivity index (χ3v) is 5.77. The second-order valence-electron chi connectivity index (χ2n) is 6.42. The molecule has 0 aliphatic carbocycles. The van der Waals surface area contributed by atoms with Crippen LogP contribution in [0.1, 0.15) is 12.5 Å². The average molecular weight is 429 g/mol. The zero-order valence-corrected chi connectivity index (χ0v) is 17.3. The zero-order valence-electron chi connectivity index (χ0n) is 15.7. The van der Waals surface area contributed by atoms with Gasteiger partial charge in [0.1, 0.15) is 17.6 Å². The van der Waals surface area contributed by atoms with Crippen molar-refractivity contribution in [3.63, 3.8) is 0 Å². The fourth-order valence-corrected chi connectivity index (χ4v) is 4.22. The third-order valence-electron chi connectivity index (χ3n) is 4.52. The summed E-state index contributed by atoms with van der Waals surface area (Å²) in [4.78, 5) is 35.2. The number of amides is 2. The Kier molecular flexibility index (Phi) is 5.29. The Labute approximate surface area is 176 Å². The zero-order chi connectivity index (χ0) is 20.5. The number of aliphatic imine (C=N–C) groups is 2. The number of para-hydroxylation sites is 1. The van der Waals surface area contributed by atoms with Gasteiger partial charge in [0.15, 0.2) is 5.17 Å². The predicted molar refractivity (Wildman–Crippen MR) is 115 cm³/mol. The number of rotatable bonds is 4. The topological polar surface area (TPSA) is 83.4 Å². The maximum absolute atomic E-state index is 12.4. The summed E-state index contributed by atoms with van der Waals surface area (Å²) in [6.07, 6.45) is 0. The van der Waals surface area contributed by atoms with E-state index in [0.29, 0.717) is 27.5 Å². The molecular formula is C20H17ClN4O3S. The molecule has 0 spiro atoms. The number of hydrogen-bond donors (Lipinski definition) is 1. The number of fused-ring (bicyclic) bond motifs is 3. The number of amidine groups is 2. The molecular weight excluding hydrogens is 412 g/mol. The molecule has 0 aromatic heterocycles. The van der Waals surface area contributed by atoms with E-state index in [1.807, 2.05) is 24.3 Å². The monoisotopic (exact) mass is 428 g/mol. The summed E-state index contributed by atoms with van der Waals surface area (Å²) >= 11 is 7.35. The molecule has 0 bridgehead atoms. The first-order chi connectivity index (χ1) is 14.0. The summed E-state index contributed by atoms with van der Waals surface area (Å²) < 4.78 is 5.11. The van der Waals surface area contributed by atoms with Crippen LogP contribution in [-0.2, 0) is 9.59 Å². The molecule has 29 heavy (non-hydrogen) atoms. The van der Waals surface area contributed by atoms with Crippen molar-refractivity contribution in [1.82, 2.24) is 4.90 Å². The van der Waals surface area contributed by atoms with Crippen molar-refractivity contribution in [2.75, 3.05) is 18.2 Å². The van der Waals surface area contributed by atoms with Crippen LogP contribution in [0.15, 0.2) is 52.4 Å². The molecule has 0 radical (unpaired) electrons. The molecule has 2 aliphatic heterocycles. The van der Waals surface area contributed by atoms with Gasteiger partial charge >= 0.3 is 0 Å². The highest BCUT2D eigenvalue weighted by Gasteiger charge is 2.39. The summed E-state index contributed by atoms with van der Waals surface area (Å²) in [5.41, 5.74) is 2.12. The normalized spacial score (nSPS) is 17.3. The molecule has 4 rings (SSSR count). The molecule has 148 valence electrons. The van der Waals surface area contributed by atoms with Crippen molar-refractivity contribution in [1.29, 1.82) is 0 Å². The maximum Gasteiger partial charge on any atom is 0.270 e. The van der Waals surface area contributed by atoms with Crippen molar-refractivity contribution in [3.8, 4) is 5.75 Å². The summed E-state index contributed by atoms with van der Waals surface area (Å²) in [6, 6.07) is 12.1. The number of nitrogens with one attached hydrogen (secondary N) is 1. The van der Waals surface area contributed by atoms with Crippen molar-refractivity contribution < 1.29 is 14.3 Å². The van der Waals surface area contributed by atoms with Gasteiger partial charge < -0.3 is 10.1 Å². The summed E-state index contributed by atoms with van der Waals surface area (Å²) in [6.45, 7) is 1.78. The number of halogens is 1. The summed E-state index contributed by atoms with van der Waals surface area (Å²) in [5.74, 6) is 0.804. The number of hydrogen-bond acceptors (Lipinski definition) is 6. The van der Waals surface area contributed by atoms with Gasteiger partial charge in [0.2, 0.25) is 5.91 Å². The van der Waals surface area contributed by atoms with Gasteiger partial charge in [-0.2, -0.15) is 4.99 Å². The van der Waals surface area contributed by atoms with Crippen LogP contribution in [0.3, 0.4) is 0 Å². The minimum atomic E-state index is -0.451. The Balaban J connectivity index is 1.50. The Bertz CT molecular complexity index is 1070. The van der Waals surface area contributed by atoms with Crippen LogP contribution >= 0.6 is 23.4 Å². The van der Waals surface area contributed by atoms with E-state index in [9.17, 15) is 9.59 Å². The minimum Gasteiger partial charge on any atom is -0.495 e. The van der Waals surface area contributed by atoms with Gasteiger partial charge in [-0.1, -0.05) is 35.5 Å². The van der Waals surface area contributed by atoms with Crippen LogP contribution in [0.4, 0.5) is 11.4 Å². The minimum absolute atomic E-state index is 0.120. The predicted octanol–water partition coefficient (Wildman–Crippen LogP) is 3.70. The van der Waals surface area contributed by atoms with E-state index in [1.165, 1.54) is 18.9 Å². The van der Waals surface area contributed by atoms with E-state index in [0.717, 1.165) is 11.3 Å². The van der Waals surface area contributed by atoms with E-state index in [-0.39, 0.29) is 17.6 Å². The molecule has 2 amide bonds. The van der Waals surface area contributed by atoms with Gasteiger partial charge in [0, 0.05) is 11.3 Å². The van der Waals surface area contributed by atoms with E-state index >= 15 is 0 Å². The molecule has 2 aromatic carbocycles. The van der Waals surface area contributed by atoms with Gasteiger partial charge in [-0.25, -0.2) is 4.99 Å². The largest absolute Gasteiger partial charge is 0.495 e. The van der Waals surface area contributed by atoms with Crippen LogP contribution in [-0.4, -0.2) is 46.6 Å². The lowest BCUT2D eigenvalue weighted by Crippen LogP contribution is -2.42. The van der Waals surface area contributed by atoms with Crippen molar-refractivity contribution >= 4 is 57.6 Å². The summed E-state index contributed by atoms with van der Waals surface area (Å²) in [7, 11) is 1.53. The maximum atomic E-state index is 12.4. The fourth-order valence-electron chi connectivity index (χ4n) is 3.08. The number of carbonyl (C=O) groups excluding carboxylic acids is 2. The quantitative estimate of drug-likeness (QED) is 0.802. The Morgan fingerprint density at radius 3 is 2.83 bits per heavy atom. The number of ether oxygens (including phenoxy) is 1. The number of methoxy groups -OCH3 is 1. The number of carbonyl (C=O) groups is 2. The molecule has 2 heterocycles. The van der Waals surface area contributed by atoms with Crippen molar-refractivity contribution in [2.24, 2.45) is 9.98 Å². The van der Waals surface area contributed by atoms with Crippen LogP contribution in [0, 0.1) is 0 Å². The molecule has 1 unspecified atom stereocenters. The highest BCUT2D eigenvalue weighted by Crippen LogP contribution is 2.34. The molecule has 2 aromatic rings. The second kappa shape index (κ2) is 7.88.